The molecule has 5 nitrogen and oxygen atoms in total. The molecule has 0 spiro atoms. The highest BCUT2D eigenvalue weighted by Crippen LogP contribution is 2.18. The molecule has 0 aliphatic heterocycles. The molecule has 126 valence electrons. The largest absolute Gasteiger partial charge is 0.482 e. The van der Waals surface area contributed by atoms with Crippen molar-refractivity contribution in [2.24, 2.45) is 0 Å². The van der Waals surface area contributed by atoms with Gasteiger partial charge in [-0.2, -0.15) is 0 Å². The summed E-state index contributed by atoms with van der Waals surface area (Å²) in [6.07, 6.45) is 0.810. The van der Waals surface area contributed by atoms with E-state index in [0.29, 0.717) is 11.4 Å². The molecule has 0 aliphatic carbocycles. The summed E-state index contributed by atoms with van der Waals surface area (Å²) in [5.41, 5.74) is 2.66. The molecule has 0 radical (unpaired) electrons. The Bertz CT molecular complexity index is 712. The average Bonchev–Trinajstić information content (AvgIpc) is 2.60. The molecular weight excluding hydrogens is 306 g/mol. The lowest BCUT2D eigenvalue weighted by Crippen LogP contribution is -2.24. The van der Waals surface area contributed by atoms with Gasteiger partial charge in [-0.15, -0.1) is 0 Å². The van der Waals surface area contributed by atoms with Crippen molar-refractivity contribution >= 4 is 17.6 Å². The molecule has 1 N–H and O–H groups in total. The molecule has 0 saturated heterocycles. The van der Waals surface area contributed by atoms with Gasteiger partial charge in [0.1, 0.15) is 5.75 Å². The minimum Gasteiger partial charge on any atom is -0.482 e. The van der Waals surface area contributed by atoms with E-state index in [1.165, 1.54) is 0 Å². The Balaban J connectivity index is 1.77. The summed E-state index contributed by atoms with van der Waals surface area (Å²) in [6, 6.07) is 14.9. The number of amides is 1. The highest BCUT2D eigenvalue weighted by atomic mass is 16.6. The van der Waals surface area contributed by atoms with Crippen molar-refractivity contribution in [3.05, 3.63) is 59.7 Å². The average molecular weight is 327 g/mol. The number of carbonyl (C=O) groups is 2. The summed E-state index contributed by atoms with van der Waals surface area (Å²) < 4.78 is 10.4. The third-order valence-electron chi connectivity index (χ3n) is 3.48. The van der Waals surface area contributed by atoms with Crippen molar-refractivity contribution < 1.29 is 19.1 Å². The molecule has 0 bridgehead atoms. The third kappa shape index (κ3) is 5.12. The van der Waals surface area contributed by atoms with Crippen molar-refractivity contribution in [2.75, 3.05) is 18.5 Å². The van der Waals surface area contributed by atoms with Gasteiger partial charge in [0.2, 0.25) is 0 Å². The van der Waals surface area contributed by atoms with Crippen LogP contribution < -0.4 is 10.1 Å². The van der Waals surface area contributed by atoms with Gasteiger partial charge in [-0.3, -0.25) is 4.79 Å². The Labute approximate surface area is 141 Å². The molecule has 5 heteroatoms. The normalized spacial score (nSPS) is 10.1. The number of rotatable bonds is 7. The summed E-state index contributed by atoms with van der Waals surface area (Å²) in [5, 5.41) is 2.70. The number of carbonyl (C=O) groups excluding carboxylic acids is 2. The molecule has 0 atom stereocenters. The number of para-hydroxylation sites is 2. The fourth-order valence-corrected chi connectivity index (χ4v) is 2.16. The van der Waals surface area contributed by atoms with E-state index in [1.54, 1.807) is 12.1 Å². The lowest BCUT2D eigenvalue weighted by Gasteiger charge is -2.11. The van der Waals surface area contributed by atoms with E-state index in [0.717, 1.165) is 17.5 Å². The van der Waals surface area contributed by atoms with E-state index < -0.39 is 5.97 Å². The van der Waals surface area contributed by atoms with E-state index in [1.807, 2.05) is 50.2 Å². The highest BCUT2D eigenvalue weighted by molar-refractivity contribution is 5.93. The molecule has 2 aromatic carbocycles. The smallest absolute Gasteiger partial charge is 0.344 e. The molecule has 0 heterocycles. The SMILES string of the molecule is CCc1ccccc1OCC(=O)OCC(=O)Nc1ccccc1C. The molecule has 2 rings (SSSR count). The van der Waals surface area contributed by atoms with Gasteiger partial charge in [0.25, 0.3) is 5.91 Å². The fourth-order valence-electron chi connectivity index (χ4n) is 2.16. The predicted molar refractivity (Wildman–Crippen MR) is 92.1 cm³/mol. The molecule has 2 aromatic rings. The molecule has 0 fully saturated rings. The van der Waals surface area contributed by atoms with E-state index in [9.17, 15) is 9.59 Å². The Kier molecular flexibility index (Phi) is 6.37. The standard InChI is InChI=1S/C19H21NO4/c1-3-15-9-5-7-11-17(15)23-13-19(22)24-12-18(21)20-16-10-6-4-8-14(16)2/h4-11H,3,12-13H2,1-2H3,(H,20,21). The second-order valence-electron chi connectivity index (χ2n) is 5.27. The van der Waals surface area contributed by atoms with Crippen molar-refractivity contribution in [3.8, 4) is 5.75 Å². The van der Waals surface area contributed by atoms with Gasteiger partial charge in [0.05, 0.1) is 0 Å². The van der Waals surface area contributed by atoms with Gasteiger partial charge in [-0.1, -0.05) is 43.3 Å². The zero-order chi connectivity index (χ0) is 17.4. The first-order valence-corrected chi connectivity index (χ1v) is 7.82. The summed E-state index contributed by atoms with van der Waals surface area (Å²) in [5.74, 6) is -0.311. The number of hydrogen-bond donors (Lipinski definition) is 1. The first-order chi connectivity index (χ1) is 11.6. The van der Waals surface area contributed by atoms with Crippen molar-refractivity contribution in [1.29, 1.82) is 0 Å². The molecule has 0 unspecified atom stereocenters. The number of anilines is 1. The van der Waals surface area contributed by atoms with Crippen molar-refractivity contribution in [3.63, 3.8) is 0 Å². The maximum absolute atomic E-state index is 11.8. The van der Waals surface area contributed by atoms with Crippen LogP contribution in [0.2, 0.25) is 0 Å². The number of aryl methyl sites for hydroxylation is 2. The van der Waals surface area contributed by atoms with Gasteiger partial charge in [0, 0.05) is 5.69 Å². The van der Waals surface area contributed by atoms with Gasteiger partial charge in [-0.25, -0.2) is 4.79 Å². The molecule has 0 saturated carbocycles. The first-order valence-electron chi connectivity index (χ1n) is 7.82. The monoisotopic (exact) mass is 327 g/mol. The number of benzene rings is 2. The van der Waals surface area contributed by atoms with Crippen molar-refractivity contribution in [1.82, 2.24) is 0 Å². The quantitative estimate of drug-likeness (QED) is 0.794. The minimum atomic E-state index is -0.583. The van der Waals surface area contributed by atoms with Crippen LogP contribution >= 0.6 is 0 Å². The highest BCUT2D eigenvalue weighted by Gasteiger charge is 2.10. The summed E-state index contributed by atoms with van der Waals surface area (Å²) in [6.45, 7) is 3.33. The Hall–Kier alpha value is -2.82. The van der Waals surface area contributed by atoms with Gasteiger partial charge >= 0.3 is 5.97 Å². The second-order valence-corrected chi connectivity index (χ2v) is 5.27. The van der Waals surface area contributed by atoms with E-state index in [4.69, 9.17) is 9.47 Å². The van der Waals surface area contributed by atoms with E-state index >= 15 is 0 Å². The zero-order valence-electron chi connectivity index (χ0n) is 13.9. The minimum absolute atomic E-state index is 0.228. The van der Waals surface area contributed by atoms with E-state index in [-0.39, 0.29) is 19.1 Å². The van der Waals surface area contributed by atoms with Crippen LogP contribution in [0.5, 0.6) is 5.75 Å². The van der Waals surface area contributed by atoms with Crippen LogP contribution in [0, 0.1) is 6.92 Å². The number of esters is 1. The Morgan fingerprint density at radius 1 is 1.00 bits per heavy atom. The van der Waals surface area contributed by atoms with Crippen LogP contribution in [0.15, 0.2) is 48.5 Å². The molecule has 0 aliphatic rings. The predicted octanol–water partition coefficient (Wildman–Crippen LogP) is 3.12. The molecule has 24 heavy (non-hydrogen) atoms. The van der Waals surface area contributed by atoms with Gasteiger partial charge in [-0.05, 0) is 36.6 Å². The molecular formula is C19H21NO4. The second kappa shape index (κ2) is 8.72. The Morgan fingerprint density at radius 3 is 2.46 bits per heavy atom. The number of hydrogen-bond acceptors (Lipinski definition) is 4. The Morgan fingerprint density at radius 2 is 1.71 bits per heavy atom. The van der Waals surface area contributed by atoms with Crippen LogP contribution in [-0.2, 0) is 20.7 Å². The van der Waals surface area contributed by atoms with Crippen molar-refractivity contribution in [2.45, 2.75) is 20.3 Å². The zero-order valence-corrected chi connectivity index (χ0v) is 13.9. The number of ether oxygens (including phenoxy) is 2. The molecule has 1 amide bonds. The summed E-state index contributed by atoms with van der Waals surface area (Å²) in [4.78, 5) is 23.5. The fraction of sp³-hybridized carbons (Fsp3) is 0.263. The maximum Gasteiger partial charge on any atom is 0.344 e. The lowest BCUT2D eigenvalue weighted by atomic mass is 10.1. The summed E-state index contributed by atoms with van der Waals surface area (Å²) in [7, 11) is 0. The van der Waals surface area contributed by atoms with E-state index in [2.05, 4.69) is 5.32 Å². The molecule has 0 aromatic heterocycles. The first kappa shape index (κ1) is 17.5. The van der Waals surface area contributed by atoms with Crippen LogP contribution in [-0.4, -0.2) is 25.1 Å². The van der Waals surface area contributed by atoms with Gasteiger partial charge < -0.3 is 14.8 Å². The topological polar surface area (TPSA) is 64.6 Å². The number of nitrogens with one attached hydrogen (secondary N) is 1. The third-order valence-corrected chi connectivity index (χ3v) is 3.48. The lowest BCUT2D eigenvalue weighted by molar-refractivity contribution is -0.149. The van der Waals surface area contributed by atoms with Crippen LogP contribution in [0.4, 0.5) is 5.69 Å². The summed E-state index contributed by atoms with van der Waals surface area (Å²) >= 11 is 0. The van der Waals surface area contributed by atoms with Crippen LogP contribution in [0.25, 0.3) is 0 Å². The van der Waals surface area contributed by atoms with Gasteiger partial charge in [0.15, 0.2) is 13.2 Å². The van der Waals surface area contributed by atoms with Crippen LogP contribution in [0.3, 0.4) is 0 Å². The van der Waals surface area contributed by atoms with Crippen LogP contribution in [0.1, 0.15) is 18.1 Å². The maximum atomic E-state index is 11.8.